The van der Waals surface area contributed by atoms with Gasteiger partial charge >= 0.3 is 0 Å². The lowest BCUT2D eigenvalue weighted by Gasteiger charge is -2.15. The van der Waals surface area contributed by atoms with Gasteiger partial charge in [-0.05, 0) is 60.2 Å². The SMILES string of the molecule is O=C(Nc1ccc(NC(=O)C(c2ccccc2)S(=O)(=O)O)cc1)c1ccc(-c2ccc(Cl)cc2Cl)o1. The fraction of sp³-hybridized carbons (Fsp3) is 0.0400. The van der Waals surface area contributed by atoms with E-state index in [1.807, 2.05) is 0 Å². The molecule has 184 valence electrons. The fourth-order valence-corrected chi connectivity index (χ4v) is 4.75. The van der Waals surface area contributed by atoms with E-state index in [-0.39, 0.29) is 17.0 Å². The molecular weight excluding hydrogens is 527 g/mol. The van der Waals surface area contributed by atoms with Crippen LogP contribution in [0.15, 0.2) is 89.3 Å². The van der Waals surface area contributed by atoms with Crippen molar-refractivity contribution in [3.63, 3.8) is 0 Å². The van der Waals surface area contributed by atoms with Crippen LogP contribution in [0, 0.1) is 0 Å². The molecule has 1 heterocycles. The Morgan fingerprint density at radius 2 is 1.47 bits per heavy atom. The van der Waals surface area contributed by atoms with Gasteiger partial charge in [-0.25, -0.2) is 0 Å². The number of benzene rings is 3. The number of rotatable bonds is 7. The highest BCUT2D eigenvalue weighted by Gasteiger charge is 2.32. The topological polar surface area (TPSA) is 126 Å². The van der Waals surface area contributed by atoms with Gasteiger partial charge in [-0.1, -0.05) is 53.5 Å². The van der Waals surface area contributed by atoms with E-state index >= 15 is 0 Å². The van der Waals surface area contributed by atoms with Crippen molar-refractivity contribution < 1.29 is 27.0 Å². The van der Waals surface area contributed by atoms with Gasteiger partial charge in [-0.15, -0.1) is 0 Å². The second-order valence-electron chi connectivity index (χ2n) is 7.61. The molecule has 0 radical (unpaired) electrons. The molecule has 1 unspecified atom stereocenters. The maximum Gasteiger partial charge on any atom is 0.291 e. The Labute approximate surface area is 216 Å². The molecule has 1 atom stereocenters. The molecule has 1 aromatic heterocycles. The van der Waals surface area contributed by atoms with Crippen LogP contribution in [0.1, 0.15) is 21.4 Å². The minimum absolute atomic E-state index is 0.0484. The Bertz CT molecular complexity index is 1520. The zero-order chi connectivity index (χ0) is 25.9. The number of amides is 2. The van der Waals surface area contributed by atoms with E-state index < -0.39 is 27.2 Å². The van der Waals surface area contributed by atoms with Gasteiger partial charge in [0.2, 0.25) is 5.91 Å². The van der Waals surface area contributed by atoms with E-state index in [1.165, 1.54) is 42.5 Å². The summed E-state index contributed by atoms with van der Waals surface area (Å²) in [5.41, 5.74) is 1.37. The van der Waals surface area contributed by atoms with Gasteiger partial charge in [-0.3, -0.25) is 14.1 Å². The molecule has 0 aliphatic heterocycles. The smallest absolute Gasteiger partial charge is 0.291 e. The lowest BCUT2D eigenvalue weighted by Crippen LogP contribution is -2.27. The summed E-state index contributed by atoms with van der Waals surface area (Å²) < 4.78 is 38.8. The first kappa shape index (κ1) is 25.5. The Kier molecular flexibility index (Phi) is 7.46. The number of halogens is 2. The van der Waals surface area contributed by atoms with Crippen LogP contribution in [0.2, 0.25) is 10.0 Å². The van der Waals surface area contributed by atoms with Crippen molar-refractivity contribution >= 4 is 56.5 Å². The predicted octanol–water partition coefficient (Wildman–Crippen LogP) is 6.07. The Morgan fingerprint density at radius 3 is 2.08 bits per heavy atom. The molecule has 0 fully saturated rings. The Hall–Kier alpha value is -3.63. The molecule has 0 saturated heterocycles. The zero-order valence-corrected chi connectivity index (χ0v) is 20.6. The first-order valence-electron chi connectivity index (χ1n) is 10.4. The summed E-state index contributed by atoms with van der Waals surface area (Å²) >= 11 is 12.1. The monoisotopic (exact) mass is 544 g/mol. The highest BCUT2D eigenvalue weighted by Crippen LogP contribution is 2.32. The molecule has 8 nitrogen and oxygen atoms in total. The summed E-state index contributed by atoms with van der Waals surface area (Å²) in [4.78, 5) is 25.2. The average Bonchev–Trinajstić information content (AvgIpc) is 3.30. The van der Waals surface area contributed by atoms with E-state index in [0.29, 0.717) is 27.1 Å². The van der Waals surface area contributed by atoms with Crippen LogP contribution < -0.4 is 10.6 Å². The summed E-state index contributed by atoms with van der Waals surface area (Å²) in [6, 6.07) is 21.6. The maximum absolute atomic E-state index is 12.6. The van der Waals surface area contributed by atoms with Crippen molar-refractivity contribution in [2.24, 2.45) is 0 Å². The molecule has 0 bridgehead atoms. The molecule has 2 amide bonds. The van der Waals surface area contributed by atoms with E-state index in [4.69, 9.17) is 27.6 Å². The van der Waals surface area contributed by atoms with E-state index in [1.54, 1.807) is 42.5 Å². The molecule has 3 N–H and O–H groups in total. The number of furan rings is 1. The third-order valence-electron chi connectivity index (χ3n) is 5.07. The number of carbonyl (C=O) groups is 2. The highest BCUT2D eigenvalue weighted by molar-refractivity contribution is 7.86. The minimum Gasteiger partial charge on any atom is -0.451 e. The number of nitrogens with one attached hydrogen (secondary N) is 2. The number of anilines is 2. The molecule has 0 aliphatic rings. The van der Waals surface area contributed by atoms with Crippen LogP contribution in [0.25, 0.3) is 11.3 Å². The predicted molar refractivity (Wildman–Crippen MR) is 138 cm³/mol. The second-order valence-corrected chi connectivity index (χ2v) is 9.96. The van der Waals surface area contributed by atoms with Gasteiger partial charge in [0.1, 0.15) is 5.76 Å². The molecule has 0 spiro atoms. The minimum atomic E-state index is -4.71. The van der Waals surface area contributed by atoms with Crippen LogP contribution in [0.5, 0.6) is 0 Å². The molecule has 0 saturated carbocycles. The summed E-state index contributed by atoms with van der Waals surface area (Å²) in [6.45, 7) is 0. The fourth-order valence-electron chi connectivity index (χ4n) is 3.42. The Morgan fingerprint density at radius 1 is 0.833 bits per heavy atom. The molecule has 4 rings (SSSR count). The largest absolute Gasteiger partial charge is 0.451 e. The summed E-state index contributed by atoms with van der Waals surface area (Å²) in [5.74, 6) is -0.998. The average molecular weight is 545 g/mol. The van der Waals surface area contributed by atoms with Crippen molar-refractivity contribution in [2.75, 3.05) is 10.6 Å². The maximum atomic E-state index is 12.6. The van der Waals surface area contributed by atoms with Crippen molar-refractivity contribution in [1.29, 1.82) is 0 Å². The van der Waals surface area contributed by atoms with Crippen molar-refractivity contribution in [1.82, 2.24) is 0 Å². The second kappa shape index (κ2) is 10.5. The van der Waals surface area contributed by atoms with Crippen molar-refractivity contribution in [3.8, 4) is 11.3 Å². The summed E-state index contributed by atoms with van der Waals surface area (Å²) in [6.07, 6.45) is 0. The van der Waals surface area contributed by atoms with Gasteiger partial charge in [0.05, 0.1) is 5.02 Å². The number of hydrogen-bond acceptors (Lipinski definition) is 5. The third-order valence-corrected chi connectivity index (χ3v) is 6.70. The molecule has 0 aliphatic carbocycles. The Balaban J connectivity index is 1.43. The van der Waals surface area contributed by atoms with Gasteiger partial charge in [0.15, 0.2) is 11.0 Å². The zero-order valence-electron chi connectivity index (χ0n) is 18.3. The van der Waals surface area contributed by atoms with Crippen LogP contribution in [-0.2, 0) is 14.9 Å². The highest BCUT2D eigenvalue weighted by atomic mass is 35.5. The van der Waals surface area contributed by atoms with Crippen molar-refractivity contribution in [3.05, 3.63) is 106 Å². The lowest BCUT2D eigenvalue weighted by molar-refractivity contribution is -0.116. The number of carbonyl (C=O) groups excluding carboxylic acids is 2. The quantitative estimate of drug-likeness (QED) is 0.242. The van der Waals surface area contributed by atoms with Crippen LogP contribution in [-0.4, -0.2) is 24.8 Å². The van der Waals surface area contributed by atoms with Crippen LogP contribution >= 0.6 is 23.2 Å². The van der Waals surface area contributed by atoms with Crippen LogP contribution in [0.4, 0.5) is 11.4 Å². The summed E-state index contributed by atoms with van der Waals surface area (Å²) in [7, 11) is -4.71. The first-order valence-corrected chi connectivity index (χ1v) is 12.7. The first-order chi connectivity index (χ1) is 17.1. The molecule has 36 heavy (non-hydrogen) atoms. The van der Waals surface area contributed by atoms with Gasteiger partial charge < -0.3 is 15.1 Å². The molecule has 3 aromatic carbocycles. The molecular formula is C25H18Cl2N2O6S. The standard InChI is InChI=1S/C25H18Cl2N2O6S/c26-16-6-11-19(20(27)14-16)21-12-13-22(35-21)24(30)28-17-7-9-18(10-8-17)29-25(31)23(36(32,33)34)15-4-2-1-3-5-15/h1-14,23H,(H,28,30)(H,29,31)(H,32,33,34). The van der Waals surface area contributed by atoms with Gasteiger partial charge in [0, 0.05) is 22.0 Å². The molecule has 4 aromatic rings. The van der Waals surface area contributed by atoms with Crippen LogP contribution in [0.3, 0.4) is 0 Å². The number of hydrogen-bond donors (Lipinski definition) is 3. The van der Waals surface area contributed by atoms with Crippen molar-refractivity contribution in [2.45, 2.75) is 5.25 Å². The lowest BCUT2D eigenvalue weighted by atomic mass is 10.1. The third kappa shape index (κ3) is 5.95. The normalized spacial score (nSPS) is 12.1. The summed E-state index contributed by atoms with van der Waals surface area (Å²) in [5, 5.41) is 4.19. The van der Waals surface area contributed by atoms with E-state index in [2.05, 4.69) is 10.6 Å². The van der Waals surface area contributed by atoms with Gasteiger partial charge in [-0.2, -0.15) is 8.42 Å². The van der Waals surface area contributed by atoms with E-state index in [0.717, 1.165) is 0 Å². The van der Waals surface area contributed by atoms with Gasteiger partial charge in [0.25, 0.3) is 16.0 Å². The molecule has 11 heteroatoms. The van der Waals surface area contributed by atoms with E-state index in [9.17, 15) is 22.6 Å².